The van der Waals surface area contributed by atoms with Crippen molar-refractivity contribution in [2.75, 3.05) is 0 Å². The number of carbonyl (C=O) groups is 1. The molecule has 0 aliphatic carbocycles. The van der Waals surface area contributed by atoms with Gasteiger partial charge >= 0.3 is 5.97 Å². The molecule has 2 aromatic heterocycles. The Kier molecular flexibility index (Phi) is 4.31. The minimum atomic E-state index is -0.801. The van der Waals surface area contributed by atoms with Crippen LogP contribution in [0.1, 0.15) is 23.4 Å². The molecule has 6 heteroatoms. The van der Waals surface area contributed by atoms with Crippen molar-refractivity contribution in [1.82, 2.24) is 9.97 Å². The first kappa shape index (κ1) is 14.1. The summed E-state index contributed by atoms with van der Waals surface area (Å²) in [6, 6.07) is 1.98. The van der Waals surface area contributed by atoms with Crippen molar-refractivity contribution in [1.29, 1.82) is 0 Å². The summed E-state index contributed by atoms with van der Waals surface area (Å²) in [6.07, 6.45) is 0.580. The maximum atomic E-state index is 10.6. The SMILES string of the molecule is Cc1nc(-c2cc(Br)cs2)nc(C)c1CCC(=O)O. The number of nitrogens with zero attached hydrogens (tertiary/aromatic N) is 2. The topological polar surface area (TPSA) is 63.1 Å². The number of aromatic nitrogens is 2. The number of carboxylic acid groups (broad SMARTS) is 1. The van der Waals surface area contributed by atoms with Crippen molar-refractivity contribution >= 4 is 33.2 Å². The molecule has 0 saturated carbocycles. The Balaban J connectivity index is 2.33. The third-order valence-corrected chi connectivity index (χ3v) is 4.48. The van der Waals surface area contributed by atoms with Gasteiger partial charge in [-0.05, 0) is 47.8 Å². The van der Waals surface area contributed by atoms with Crippen molar-refractivity contribution in [3.8, 4) is 10.7 Å². The van der Waals surface area contributed by atoms with Gasteiger partial charge in [-0.15, -0.1) is 11.3 Å². The fourth-order valence-corrected chi connectivity index (χ4v) is 3.23. The molecule has 0 aliphatic heterocycles. The van der Waals surface area contributed by atoms with E-state index in [4.69, 9.17) is 5.11 Å². The highest BCUT2D eigenvalue weighted by atomic mass is 79.9. The van der Waals surface area contributed by atoms with Gasteiger partial charge in [0.05, 0.1) is 4.88 Å². The molecule has 0 atom stereocenters. The van der Waals surface area contributed by atoms with Gasteiger partial charge in [-0.2, -0.15) is 0 Å². The van der Waals surface area contributed by atoms with Crippen molar-refractivity contribution in [2.24, 2.45) is 0 Å². The minimum Gasteiger partial charge on any atom is -0.481 e. The summed E-state index contributed by atoms with van der Waals surface area (Å²) in [6.45, 7) is 3.80. The van der Waals surface area contributed by atoms with Crippen LogP contribution in [-0.2, 0) is 11.2 Å². The maximum absolute atomic E-state index is 10.6. The van der Waals surface area contributed by atoms with Crippen LogP contribution in [0.15, 0.2) is 15.9 Å². The molecule has 2 aromatic rings. The number of hydrogen-bond acceptors (Lipinski definition) is 4. The van der Waals surface area contributed by atoms with Crippen LogP contribution in [0, 0.1) is 13.8 Å². The standard InChI is InChI=1S/C13H13BrN2O2S/c1-7-10(3-4-12(17)18)8(2)16-13(15-7)11-5-9(14)6-19-11/h5-6H,3-4H2,1-2H3,(H,17,18). The van der Waals surface area contributed by atoms with Crippen LogP contribution < -0.4 is 0 Å². The molecule has 0 radical (unpaired) electrons. The molecule has 0 saturated heterocycles. The monoisotopic (exact) mass is 340 g/mol. The number of hydrogen-bond donors (Lipinski definition) is 1. The van der Waals surface area contributed by atoms with Crippen molar-refractivity contribution in [2.45, 2.75) is 26.7 Å². The predicted molar refractivity (Wildman–Crippen MR) is 78.5 cm³/mol. The Morgan fingerprint density at radius 1 is 1.37 bits per heavy atom. The third kappa shape index (κ3) is 3.39. The molecular formula is C13H13BrN2O2S. The molecular weight excluding hydrogens is 328 g/mol. The molecule has 0 fully saturated rings. The zero-order valence-corrected chi connectivity index (χ0v) is 13.0. The first-order valence-electron chi connectivity index (χ1n) is 5.77. The Morgan fingerprint density at radius 2 is 2.00 bits per heavy atom. The number of aliphatic carboxylic acids is 1. The van der Waals surface area contributed by atoms with Crippen LogP contribution >= 0.6 is 27.3 Å². The zero-order valence-electron chi connectivity index (χ0n) is 10.6. The minimum absolute atomic E-state index is 0.106. The lowest BCUT2D eigenvalue weighted by molar-refractivity contribution is -0.136. The van der Waals surface area contributed by atoms with Gasteiger partial charge in [-0.25, -0.2) is 9.97 Å². The van der Waals surface area contributed by atoms with Crippen LogP contribution in [-0.4, -0.2) is 21.0 Å². The fraction of sp³-hybridized carbons (Fsp3) is 0.308. The lowest BCUT2D eigenvalue weighted by Gasteiger charge is -2.09. The number of aryl methyl sites for hydroxylation is 2. The molecule has 0 amide bonds. The Bertz CT molecular complexity index is 602. The van der Waals surface area contributed by atoms with E-state index in [-0.39, 0.29) is 6.42 Å². The van der Waals surface area contributed by atoms with Crippen LogP contribution in [0.4, 0.5) is 0 Å². The average molecular weight is 341 g/mol. The van der Waals surface area contributed by atoms with Gasteiger partial charge in [-0.3, -0.25) is 4.79 Å². The first-order valence-corrected chi connectivity index (χ1v) is 7.45. The van der Waals surface area contributed by atoms with E-state index in [1.165, 1.54) is 0 Å². The molecule has 19 heavy (non-hydrogen) atoms. The van der Waals surface area contributed by atoms with Crippen LogP contribution in [0.3, 0.4) is 0 Å². The average Bonchev–Trinajstić information content (AvgIpc) is 2.74. The van der Waals surface area contributed by atoms with Crippen LogP contribution in [0.25, 0.3) is 10.7 Å². The summed E-state index contributed by atoms with van der Waals surface area (Å²) in [5, 5.41) is 10.7. The summed E-state index contributed by atoms with van der Waals surface area (Å²) in [4.78, 5) is 20.6. The van der Waals surface area contributed by atoms with Gasteiger partial charge in [0, 0.05) is 27.7 Å². The van der Waals surface area contributed by atoms with Gasteiger partial charge in [0.25, 0.3) is 0 Å². The summed E-state index contributed by atoms with van der Waals surface area (Å²) in [5.41, 5.74) is 2.64. The molecule has 0 aliphatic rings. The molecule has 0 bridgehead atoms. The lowest BCUT2D eigenvalue weighted by atomic mass is 10.1. The van der Waals surface area contributed by atoms with E-state index in [1.807, 2.05) is 25.3 Å². The van der Waals surface area contributed by atoms with Crippen molar-refractivity contribution in [3.63, 3.8) is 0 Å². The maximum Gasteiger partial charge on any atom is 0.303 e. The number of carboxylic acids is 1. The van der Waals surface area contributed by atoms with Crippen LogP contribution in [0.5, 0.6) is 0 Å². The number of thiophene rings is 1. The van der Waals surface area contributed by atoms with E-state index in [0.717, 1.165) is 26.3 Å². The van der Waals surface area contributed by atoms with E-state index >= 15 is 0 Å². The normalized spacial score (nSPS) is 10.7. The largest absolute Gasteiger partial charge is 0.481 e. The highest BCUT2D eigenvalue weighted by Gasteiger charge is 2.12. The highest BCUT2D eigenvalue weighted by molar-refractivity contribution is 9.10. The van der Waals surface area contributed by atoms with Gasteiger partial charge in [0.1, 0.15) is 0 Å². The fourth-order valence-electron chi connectivity index (χ4n) is 1.87. The van der Waals surface area contributed by atoms with E-state index in [9.17, 15) is 4.79 Å². The molecule has 4 nitrogen and oxygen atoms in total. The van der Waals surface area contributed by atoms with E-state index in [1.54, 1.807) is 11.3 Å². The second-order valence-corrected chi connectivity index (χ2v) is 6.05. The summed E-state index contributed by atoms with van der Waals surface area (Å²) in [7, 11) is 0. The Morgan fingerprint density at radius 3 is 2.47 bits per heavy atom. The van der Waals surface area contributed by atoms with Crippen molar-refractivity contribution < 1.29 is 9.90 Å². The van der Waals surface area contributed by atoms with E-state index < -0.39 is 5.97 Å². The second kappa shape index (κ2) is 5.79. The smallest absolute Gasteiger partial charge is 0.303 e. The first-order chi connectivity index (χ1) is 8.97. The quantitative estimate of drug-likeness (QED) is 0.923. The molecule has 0 spiro atoms. The third-order valence-electron chi connectivity index (χ3n) is 2.80. The molecule has 0 aromatic carbocycles. The summed E-state index contributed by atoms with van der Waals surface area (Å²) >= 11 is 4.99. The number of halogens is 1. The Hall–Kier alpha value is -1.27. The molecule has 100 valence electrons. The summed E-state index contributed by atoms with van der Waals surface area (Å²) < 4.78 is 1.02. The predicted octanol–water partition coefficient (Wildman–Crippen LogP) is 3.60. The second-order valence-electron chi connectivity index (χ2n) is 4.22. The molecule has 2 rings (SSSR count). The van der Waals surface area contributed by atoms with Gasteiger partial charge in [0.15, 0.2) is 5.82 Å². The van der Waals surface area contributed by atoms with Gasteiger partial charge < -0.3 is 5.11 Å². The highest BCUT2D eigenvalue weighted by Crippen LogP contribution is 2.28. The van der Waals surface area contributed by atoms with Gasteiger partial charge in [-0.1, -0.05) is 0 Å². The summed E-state index contributed by atoms with van der Waals surface area (Å²) in [5.74, 6) is -0.102. The lowest BCUT2D eigenvalue weighted by Crippen LogP contribution is -2.05. The van der Waals surface area contributed by atoms with Gasteiger partial charge in [0.2, 0.25) is 0 Å². The van der Waals surface area contributed by atoms with E-state index in [0.29, 0.717) is 12.2 Å². The van der Waals surface area contributed by atoms with Crippen molar-refractivity contribution in [3.05, 3.63) is 32.9 Å². The Labute approximate surface area is 123 Å². The molecule has 1 N–H and O–H groups in total. The van der Waals surface area contributed by atoms with E-state index in [2.05, 4.69) is 25.9 Å². The van der Waals surface area contributed by atoms with Crippen LogP contribution in [0.2, 0.25) is 0 Å². The number of rotatable bonds is 4. The molecule has 2 heterocycles. The zero-order chi connectivity index (χ0) is 14.0. The molecule has 0 unspecified atom stereocenters.